The lowest BCUT2D eigenvalue weighted by atomic mass is 9.96. The number of hydrogen-bond acceptors (Lipinski definition) is 2. The number of benzene rings is 5. The SMILES string of the molecule is O=c1c2ccccc2c2c1ccc1cc3c(ccc4c(=O)c5ccccc5c43)cc12. The van der Waals surface area contributed by atoms with Gasteiger partial charge in [-0.25, -0.2) is 0 Å². The van der Waals surface area contributed by atoms with Gasteiger partial charge in [-0.2, -0.15) is 0 Å². The molecule has 0 spiro atoms. The Morgan fingerprint density at radius 2 is 0.767 bits per heavy atom. The van der Waals surface area contributed by atoms with Gasteiger partial charge in [0.25, 0.3) is 0 Å². The van der Waals surface area contributed by atoms with Crippen LogP contribution in [0.25, 0.3) is 64.6 Å². The molecule has 0 saturated heterocycles. The Hall–Kier alpha value is -4.04. The topological polar surface area (TPSA) is 34.1 Å². The zero-order valence-electron chi connectivity index (χ0n) is 15.9. The molecule has 7 aromatic carbocycles. The molecule has 0 atom stereocenters. The Morgan fingerprint density at radius 3 is 1.20 bits per heavy atom. The summed E-state index contributed by atoms with van der Waals surface area (Å²) < 4.78 is 0. The minimum atomic E-state index is 0.0936. The van der Waals surface area contributed by atoms with Crippen LogP contribution in [0.1, 0.15) is 0 Å². The van der Waals surface area contributed by atoms with Gasteiger partial charge in [-0.3, -0.25) is 9.59 Å². The van der Waals surface area contributed by atoms with Crippen LogP contribution in [-0.2, 0) is 0 Å². The van der Waals surface area contributed by atoms with Crippen LogP contribution in [0.4, 0.5) is 0 Å². The van der Waals surface area contributed by atoms with Gasteiger partial charge in [-0.05, 0) is 56.6 Å². The van der Waals surface area contributed by atoms with Crippen LogP contribution in [0, 0.1) is 0 Å². The highest BCUT2D eigenvalue weighted by Gasteiger charge is 2.16. The molecule has 0 fully saturated rings. The Labute approximate surface area is 170 Å². The van der Waals surface area contributed by atoms with Crippen molar-refractivity contribution in [3.8, 4) is 0 Å². The van der Waals surface area contributed by atoms with Crippen LogP contribution in [0.3, 0.4) is 0 Å². The van der Waals surface area contributed by atoms with Gasteiger partial charge in [0.05, 0.1) is 0 Å². The first kappa shape index (κ1) is 15.8. The van der Waals surface area contributed by atoms with Crippen LogP contribution < -0.4 is 10.9 Å². The van der Waals surface area contributed by atoms with Crippen molar-refractivity contribution in [2.45, 2.75) is 0 Å². The average Bonchev–Trinajstić information content (AvgIpc) is 3.25. The fourth-order valence-corrected chi connectivity index (χ4v) is 5.19. The summed E-state index contributed by atoms with van der Waals surface area (Å²) in [6.07, 6.45) is 0. The van der Waals surface area contributed by atoms with E-state index in [-0.39, 0.29) is 10.9 Å². The summed E-state index contributed by atoms with van der Waals surface area (Å²) in [5.74, 6) is 0. The fraction of sp³-hybridized carbons (Fsp3) is 0. The number of rotatable bonds is 0. The molecule has 0 N–H and O–H groups in total. The largest absolute Gasteiger partial charge is 0.289 e. The van der Waals surface area contributed by atoms with Gasteiger partial charge in [-0.15, -0.1) is 0 Å². The maximum atomic E-state index is 12.9. The summed E-state index contributed by atoms with van der Waals surface area (Å²) in [7, 11) is 0. The van der Waals surface area contributed by atoms with Crippen LogP contribution in [-0.4, -0.2) is 0 Å². The molecule has 7 aromatic rings. The van der Waals surface area contributed by atoms with Crippen LogP contribution in [0.15, 0.2) is 94.5 Å². The van der Waals surface area contributed by atoms with E-state index in [2.05, 4.69) is 12.1 Å². The second-order valence-electron chi connectivity index (χ2n) is 8.02. The lowest BCUT2D eigenvalue weighted by molar-refractivity contribution is 1.80. The molecule has 30 heavy (non-hydrogen) atoms. The predicted molar refractivity (Wildman–Crippen MR) is 126 cm³/mol. The third-order valence-electron chi connectivity index (χ3n) is 6.53. The van der Waals surface area contributed by atoms with Crippen molar-refractivity contribution in [3.63, 3.8) is 0 Å². The van der Waals surface area contributed by atoms with E-state index in [0.29, 0.717) is 0 Å². The maximum Gasteiger partial charge on any atom is 0.194 e. The lowest BCUT2D eigenvalue weighted by Crippen LogP contribution is -1.93. The highest BCUT2D eigenvalue weighted by molar-refractivity contribution is 6.28. The van der Waals surface area contributed by atoms with Crippen molar-refractivity contribution in [3.05, 3.63) is 105 Å². The molecule has 0 aliphatic carbocycles. The first-order valence-corrected chi connectivity index (χ1v) is 10.0. The Kier molecular flexibility index (Phi) is 2.80. The van der Waals surface area contributed by atoms with Crippen molar-refractivity contribution < 1.29 is 0 Å². The van der Waals surface area contributed by atoms with E-state index in [4.69, 9.17) is 0 Å². The average molecular weight is 382 g/mol. The Balaban J connectivity index is 1.75. The zero-order chi connectivity index (χ0) is 20.0. The highest BCUT2D eigenvalue weighted by Crippen LogP contribution is 2.37. The minimum absolute atomic E-state index is 0.0936. The molecule has 0 aliphatic rings. The van der Waals surface area contributed by atoms with Crippen LogP contribution >= 0.6 is 0 Å². The van der Waals surface area contributed by atoms with Gasteiger partial charge in [0.2, 0.25) is 0 Å². The van der Waals surface area contributed by atoms with Gasteiger partial charge in [0, 0.05) is 32.3 Å². The molecule has 7 rings (SSSR count). The molecule has 0 aliphatic heterocycles. The highest BCUT2D eigenvalue weighted by atomic mass is 16.1. The molecule has 0 amide bonds. The third-order valence-corrected chi connectivity index (χ3v) is 6.53. The first-order valence-electron chi connectivity index (χ1n) is 10.0. The summed E-state index contributed by atoms with van der Waals surface area (Å²) in [4.78, 5) is 25.8. The number of fused-ring (bicyclic) bond motifs is 10. The van der Waals surface area contributed by atoms with Crippen molar-refractivity contribution in [1.82, 2.24) is 0 Å². The molecule has 138 valence electrons. The van der Waals surface area contributed by atoms with E-state index in [1.165, 1.54) is 0 Å². The second kappa shape index (κ2) is 5.31. The van der Waals surface area contributed by atoms with E-state index < -0.39 is 0 Å². The molecule has 0 saturated carbocycles. The molecule has 0 bridgehead atoms. The van der Waals surface area contributed by atoms with Crippen molar-refractivity contribution in [2.75, 3.05) is 0 Å². The maximum absolute atomic E-state index is 12.9. The van der Waals surface area contributed by atoms with Gasteiger partial charge in [-0.1, -0.05) is 60.7 Å². The normalized spacial score (nSPS) is 12.3. The van der Waals surface area contributed by atoms with Gasteiger partial charge in [0.15, 0.2) is 10.9 Å². The monoisotopic (exact) mass is 382 g/mol. The zero-order valence-corrected chi connectivity index (χ0v) is 15.9. The summed E-state index contributed by atoms with van der Waals surface area (Å²) in [5.41, 5.74) is 0.187. The van der Waals surface area contributed by atoms with Crippen molar-refractivity contribution in [1.29, 1.82) is 0 Å². The van der Waals surface area contributed by atoms with Gasteiger partial charge in [0.1, 0.15) is 0 Å². The fourth-order valence-electron chi connectivity index (χ4n) is 5.19. The molecule has 0 heterocycles. The van der Waals surface area contributed by atoms with E-state index in [1.54, 1.807) is 0 Å². The summed E-state index contributed by atoms with van der Waals surface area (Å²) in [5, 5.41) is 11.4. The standard InChI is InChI=1S/C28H14O2/c29-27-19-7-3-1-5-17(19)25-21(27)11-9-15-14-24-16(13-23(15)25)10-12-22-26(24)18-6-2-4-8-20(18)28(22)30/h1-14H. The second-order valence-corrected chi connectivity index (χ2v) is 8.02. The quantitative estimate of drug-likeness (QED) is 0.293. The predicted octanol–water partition coefficient (Wildman–Crippen LogP) is 6.20. The summed E-state index contributed by atoms with van der Waals surface area (Å²) >= 11 is 0. The lowest BCUT2D eigenvalue weighted by Gasteiger charge is -2.06. The molecular weight excluding hydrogens is 368 g/mol. The molecule has 0 unspecified atom stereocenters. The van der Waals surface area contributed by atoms with Gasteiger partial charge >= 0.3 is 0 Å². The van der Waals surface area contributed by atoms with Crippen LogP contribution in [0.5, 0.6) is 0 Å². The molecule has 0 radical (unpaired) electrons. The molecule has 2 heteroatoms. The first-order chi connectivity index (χ1) is 14.7. The van der Waals surface area contributed by atoms with E-state index in [1.807, 2.05) is 72.8 Å². The van der Waals surface area contributed by atoms with Gasteiger partial charge < -0.3 is 0 Å². The molecular formula is C28H14O2. The summed E-state index contributed by atoms with van der Waals surface area (Å²) in [6.45, 7) is 0. The minimum Gasteiger partial charge on any atom is -0.289 e. The van der Waals surface area contributed by atoms with E-state index >= 15 is 0 Å². The Morgan fingerprint density at radius 1 is 0.367 bits per heavy atom. The van der Waals surface area contributed by atoms with E-state index in [0.717, 1.165) is 64.6 Å². The Bertz CT molecular complexity index is 1790. The van der Waals surface area contributed by atoms with Crippen molar-refractivity contribution >= 4 is 64.6 Å². The number of hydrogen-bond donors (Lipinski definition) is 0. The van der Waals surface area contributed by atoms with Crippen molar-refractivity contribution in [2.24, 2.45) is 0 Å². The smallest absolute Gasteiger partial charge is 0.194 e. The third kappa shape index (κ3) is 1.79. The van der Waals surface area contributed by atoms with E-state index in [9.17, 15) is 9.59 Å². The van der Waals surface area contributed by atoms with Crippen LogP contribution in [0.2, 0.25) is 0 Å². The molecule has 2 nitrogen and oxygen atoms in total. The molecule has 0 aromatic heterocycles. The summed E-state index contributed by atoms with van der Waals surface area (Å²) in [6, 6.07) is 27.9.